The van der Waals surface area contributed by atoms with Crippen LogP contribution in [0.15, 0.2) is 91.1 Å². The number of amides is 1. The Hall–Kier alpha value is -3.62. The van der Waals surface area contributed by atoms with Crippen LogP contribution in [0, 0.1) is 5.92 Å². The molecule has 2 aromatic carbocycles. The van der Waals surface area contributed by atoms with Crippen molar-refractivity contribution in [3.8, 4) is 11.5 Å². The van der Waals surface area contributed by atoms with Crippen molar-refractivity contribution >= 4 is 17.3 Å². The molecule has 1 aliphatic heterocycles. The Balaban J connectivity index is 2.00. The number of allylic oxidation sites excluding steroid dienone is 3. The van der Waals surface area contributed by atoms with Gasteiger partial charge in [0.25, 0.3) is 11.6 Å². The van der Waals surface area contributed by atoms with Gasteiger partial charge in [-0.25, -0.2) is 0 Å². The van der Waals surface area contributed by atoms with E-state index >= 15 is 0 Å². The molecule has 4 heteroatoms. The van der Waals surface area contributed by atoms with E-state index in [2.05, 4.69) is 13.2 Å². The highest BCUT2D eigenvalue weighted by atomic mass is 16.5. The van der Waals surface area contributed by atoms with Crippen LogP contribution in [-0.4, -0.2) is 17.3 Å². The first-order valence-electron chi connectivity index (χ1n) is 10.5. The van der Waals surface area contributed by atoms with E-state index in [4.69, 9.17) is 15.1 Å². The van der Waals surface area contributed by atoms with Crippen molar-refractivity contribution in [2.24, 2.45) is 11.7 Å². The summed E-state index contributed by atoms with van der Waals surface area (Å²) in [6, 6.07) is 17.2. The van der Waals surface area contributed by atoms with E-state index in [-0.39, 0.29) is 5.92 Å². The fourth-order valence-electron chi connectivity index (χ4n) is 3.82. The molecule has 4 nitrogen and oxygen atoms in total. The second-order valence-electron chi connectivity index (χ2n) is 7.67. The summed E-state index contributed by atoms with van der Waals surface area (Å²) in [6.07, 6.45) is 7.19. The maximum atomic E-state index is 12.3. The van der Waals surface area contributed by atoms with Crippen LogP contribution in [0.25, 0.3) is 0 Å². The van der Waals surface area contributed by atoms with Crippen LogP contribution in [0.2, 0.25) is 0 Å². The van der Waals surface area contributed by atoms with E-state index in [1.807, 2.05) is 73.7 Å². The molecule has 0 spiro atoms. The molecule has 1 heterocycles. The zero-order valence-electron chi connectivity index (χ0n) is 18.0. The number of benzene rings is 2. The predicted octanol–water partition coefficient (Wildman–Crippen LogP) is 5.14. The van der Waals surface area contributed by atoms with Gasteiger partial charge in [-0.15, -0.1) is 13.2 Å². The third-order valence-electron chi connectivity index (χ3n) is 5.36. The summed E-state index contributed by atoms with van der Waals surface area (Å²) >= 11 is 0. The van der Waals surface area contributed by atoms with Crippen LogP contribution < -0.4 is 15.1 Å². The summed E-state index contributed by atoms with van der Waals surface area (Å²) in [5.74, 6) is 1.29. The summed E-state index contributed by atoms with van der Waals surface area (Å²) in [6.45, 7) is 9.69. The highest BCUT2D eigenvalue weighted by molar-refractivity contribution is 6.29. The molecule has 1 unspecified atom stereocenters. The van der Waals surface area contributed by atoms with Crippen molar-refractivity contribution in [3.63, 3.8) is 0 Å². The Labute approximate surface area is 184 Å². The quantitative estimate of drug-likeness (QED) is 0.433. The number of primary amides is 1. The molecule has 158 valence electrons. The van der Waals surface area contributed by atoms with Crippen LogP contribution in [0.4, 0.5) is 0 Å². The molecule has 1 amide bonds. The number of ether oxygens (including phenoxy) is 1. The number of hydrogen-bond donors (Lipinski definition) is 1. The first kappa shape index (κ1) is 22.1. The van der Waals surface area contributed by atoms with Crippen LogP contribution in [0.5, 0.6) is 11.5 Å². The van der Waals surface area contributed by atoms with Gasteiger partial charge in [-0.3, -0.25) is 4.79 Å². The van der Waals surface area contributed by atoms with Crippen LogP contribution >= 0.6 is 0 Å². The second kappa shape index (κ2) is 10.4. The van der Waals surface area contributed by atoms with E-state index in [0.29, 0.717) is 23.5 Å². The van der Waals surface area contributed by atoms with E-state index < -0.39 is 5.91 Å². The lowest BCUT2D eigenvalue weighted by molar-refractivity contribution is -0.114. The van der Waals surface area contributed by atoms with E-state index in [1.54, 1.807) is 0 Å². The Morgan fingerprint density at radius 3 is 2.39 bits per heavy atom. The average Bonchev–Trinajstić information content (AvgIpc) is 2.77. The first-order chi connectivity index (χ1) is 15.0. The summed E-state index contributed by atoms with van der Waals surface area (Å²) < 4.78 is 10.8. The lowest BCUT2D eigenvalue weighted by atomic mass is 9.85. The van der Waals surface area contributed by atoms with Gasteiger partial charge < -0.3 is 10.5 Å². The second-order valence-corrected chi connectivity index (χ2v) is 7.67. The average molecular weight is 414 g/mol. The molecule has 3 rings (SSSR count). The third-order valence-corrected chi connectivity index (χ3v) is 5.36. The molecule has 0 bridgehead atoms. The van der Waals surface area contributed by atoms with Gasteiger partial charge >= 0.3 is 5.71 Å². The number of carbonyl (C=O) groups excluding carboxylic acids is 1. The number of rotatable bonds is 10. The molecular formula is C27H29N2O2+. The van der Waals surface area contributed by atoms with Crippen molar-refractivity contribution in [3.05, 3.63) is 96.6 Å². The number of para-hydroxylation sites is 1. The van der Waals surface area contributed by atoms with E-state index in [0.717, 1.165) is 41.9 Å². The molecule has 31 heavy (non-hydrogen) atoms. The van der Waals surface area contributed by atoms with Gasteiger partial charge in [0.1, 0.15) is 17.1 Å². The highest BCUT2D eigenvalue weighted by Crippen LogP contribution is 2.26. The number of nitrogens with zero attached hydrogens (tertiary/aromatic N) is 1. The van der Waals surface area contributed by atoms with Gasteiger partial charge in [-0.2, -0.15) is 0 Å². The minimum Gasteiger partial charge on any atom is -0.457 e. The summed E-state index contributed by atoms with van der Waals surface area (Å²) in [7, 11) is 0. The molecule has 0 aliphatic carbocycles. The zero-order valence-corrected chi connectivity index (χ0v) is 18.0. The van der Waals surface area contributed by atoms with E-state index in [1.165, 1.54) is 0 Å². The largest absolute Gasteiger partial charge is 0.457 e. The number of nitrogens with two attached hydrogens (primary N) is 1. The summed E-state index contributed by atoms with van der Waals surface area (Å²) in [5, 5.41) is 0. The normalized spacial score (nSPS) is 14.4. The van der Waals surface area contributed by atoms with Gasteiger partial charge in [-0.1, -0.05) is 35.0 Å². The van der Waals surface area contributed by atoms with Crippen molar-refractivity contribution < 1.29 is 9.53 Å². The van der Waals surface area contributed by atoms with Crippen LogP contribution in [0.1, 0.15) is 38.2 Å². The molecule has 1 atom stereocenters. The summed E-state index contributed by atoms with van der Waals surface area (Å²) in [4.78, 5) is 12.3. The van der Waals surface area contributed by atoms with Crippen molar-refractivity contribution in [2.75, 3.05) is 0 Å². The topological polar surface area (TPSA) is 66.4 Å². The summed E-state index contributed by atoms with van der Waals surface area (Å²) in [5.41, 5.74) is 9.72. The number of carbonyl (C=O) groups is 1. The Kier molecular flexibility index (Phi) is 7.42. The molecule has 2 N–H and O–H groups in total. The zero-order chi connectivity index (χ0) is 22.2. The lowest BCUT2D eigenvalue weighted by Crippen LogP contribution is -2.31. The van der Waals surface area contributed by atoms with Gasteiger partial charge in [0.2, 0.25) is 0 Å². The molecule has 0 saturated carbocycles. The standard InChI is InChI=1S/C27H28N2O2/c1-4-6-11-20(10-5-2)24-18-19(3)25(27(28)30)26(29-24)21-14-16-23(17-15-21)31-22-12-8-7-9-13-22/h4-5,7-9,12-17,20H,1-2,6,10-11,18H2,3H3,(H-,28,30)/p+1. The fraction of sp³-hybridized carbons (Fsp3) is 0.222. The highest BCUT2D eigenvalue weighted by Gasteiger charge is 2.35. The Morgan fingerprint density at radius 2 is 1.77 bits per heavy atom. The van der Waals surface area contributed by atoms with Gasteiger partial charge in [0.15, 0.2) is 0 Å². The van der Waals surface area contributed by atoms with Crippen molar-refractivity contribution in [1.82, 2.24) is 4.67 Å². The van der Waals surface area contributed by atoms with Gasteiger partial charge in [0, 0.05) is 0 Å². The number of hydrogen-bond acceptors (Lipinski definition) is 2. The Morgan fingerprint density at radius 1 is 1.10 bits per heavy atom. The van der Waals surface area contributed by atoms with Crippen LogP contribution in [-0.2, 0) is 4.79 Å². The minimum atomic E-state index is -0.453. The minimum absolute atomic E-state index is 0.260. The molecule has 1 aliphatic rings. The van der Waals surface area contributed by atoms with E-state index in [9.17, 15) is 4.79 Å². The smallest absolute Gasteiger partial charge is 0.346 e. The molecule has 0 aromatic heterocycles. The van der Waals surface area contributed by atoms with Crippen LogP contribution in [0.3, 0.4) is 0 Å². The third kappa shape index (κ3) is 5.50. The fourth-order valence-corrected chi connectivity index (χ4v) is 3.82. The maximum Gasteiger partial charge on any atom is 0.346 e. The SMILES string of the molecule is C=CCCC(CC=C)C1=[N+]=C(c2ccc(Oc3ccccc3)cc2)C(C(N)=O)=C(C)C1. The van der Waals surface area contributed by atoms with Crippen molar-refractivity contribution in [1.29, 1.82) is 0 Å². The molecular weight excluding hydrogens is 384 g/mol. The molecule has 0 radical (unpaired) electrons. The molecule has 0 saturated heterocycles. The predicted molar refractivity (Wildman–Crippen MR) is 128 cm³/mol. The Bertz CT molecular complexity index is 1060. The van der Waals surface area contributed by atoms with Crippen molar-refractivity contribution in [2.45, 2.75) is 32.6 Å². The lowest BCUT2D eigenvalue weighted by Gasteiger charge is -2.14. The molecule has 2 aromatic rings. The monoisotopic (exact) mass is 413 g/mol. The van der Waals surface area contributed by atoms with Gasteiger partial charge in [0.05, 0.1) is 17.9 Å². The van der Waals surface area contributed by atoms with Gasteiger partial charge in [-0.05, 0) is 68.2 Å². The molecule has 0 fully saturated rings. The maximum absolute atomic E-state index is 12.3. The first-order valence-corrected chi connectivity index (χ1v) is 10.5.